The normalized spacial score (nSPS) is 7.36. The molecule has 0 saturated carbocycles. The van der Waals surface area contributed by atoms with E-state index in [4.69, 9.17) is 13.3 Å². The fraction of sp³-hybridized carbons (Fsp3) is 0.200. The van der Waals surface area contributed by atoms with E-state index in [0.29, 0.717) is 11.1 Å². The molecule has 0 bridgehead atoms. The third kappa shape index (κ3) is 29.2. The molecule has 28 heavy (non-hydrogen) atoms. The summed E-state index contributed by atoms with van der Waals surface area (Å²) in [5.41, 5.74) is 1.21. The predicted octanol–water partition coefficient (Wildman–Crippen LogP) is 4.02. The van der Waals surface area contributed by atoms with Crippen LogP contribution in [0.2, 0.25) is 0 Å². The van der Waals surface area contributed by atoms with Crippen molar-refractivity contribution in [2.75, 3.05) is 0 Å². The van der Waals surface area contributed by atoms with E-state index < -0.39 is 38.2 Å². The van der Waals surface area contributed by atoms with E-state index in [-0.39, 0.29) is 0 Å². The minimum atomic E-state index is -2.00. The molecule has 0 aliphatic rings. The molecule has 0 unspecified atom stereocenters. The summed E-state index contributed by atoms with van der Waals surface area (Å²) >= 11 is -4.00. The van der Waals surface area contributed by atoms with E-state index in [1.54, 1.807) is 61.1 Å². The average molecular weight is 454 g/mol. The van der Waals surface area contributed by atoms with Gasteiger partial charge in [0.15, 0.2) is 0 Å². The van der Waals surface area contributed by atoms with Crippen LogP contribution in [-0.2, 0) is 61.1 Å². The molecular formula is C20H22O6Ti2-4. The Hall–Kier alpha value is -1.59. The Labute approximate surface area is 184 Å². The molecule has 6 nitrogen and oxygen atoms in total. The van der Waals surface area contributed by atoms with E-state index in [9.17, 15) is 9.59 Å². The Morgan fingerprint density at radius 1 is 0.607 bits per heavy atom. The molecule has 2 rings (SSSR count). The van der Waals surface area contributed by atoms with Gasteiger partial charge in [-0.2, -0.15) is 48.2 Å². The molecule has 0 heterocycles. The molecule has 0 amide bonds. The summed E-state index contributed by atoms with van der Waals surface area (Å²) in [5.74, 6) is 0. The van der Waals surface area contributed by atoms with Crippen LogP contribution in [0.25, 0.3) is 0 Å². The number of carbonyl (C=O) groups excluding carboxylic acids is 2. The quantitative estimate of drug-likeness (QED) is 0.384. The van der Waals surface area contributed by atoms with Gasteiger partial charge in [0, 0.05) is 0 Å². The van der Waals surface area contributed by atoms with Gasteiger partial charge in [-0.3, -0.25) is 0 Å². The Balaban J connectivity index is -0.000000297. The van der Waals surface area contributed by atoms with Crippen molar-refractivity contribution in [3.05, 3.63) is 85.6 Å². The summed E-state index contributed by atoms with van der Waals surface area (Å²) < 4.78 is 34.0. The molecule has 8 heteroatoms. The Kier molecular flexibility index (Phi) is 33.5. The first-order valence-electron chi connectivity index (χ1n) is 8.05. The molecule has 0 fully saturated rings. The van der Waals surface area contributed by atoms with Gasteiger partial charge in [-0.1, -0.05) is 25.0 Å². The van der Waals surface area contributed by atoms with Gasteiger partial charge in [0.1, 0.15) is 0 Å². The van der Waals surface area contributed by atoms with Crippen LogP contribution in [0.5, 0.6) is 0 Å². The minimum absolute atomic E-state index is 0.604. The SMILES string of the molecule is O=[C-]c1ccccc1.O=[C-]c1ccccc1.[CH2-]CCCC[CH2-].[O]=[Ti]=[O].[O]=[Ti]=[O]. The van der Waals surface area contributed by atoms with Gasteiger partial charge in [-0.15, -0.1) is 24.3 Å². The zero-order valence-electron chi connectivity index (χ0n) is 15.5. The number of rotatable bonds is 5. The van der Waals surface area contributed by atoms with Crippen molar-refractivity contribution >= 4 is 12.6 Å². The molecule has 0 spiro atoms. The number of unbranched alkanes of at least 4 members (excludes halogenated alkanes) is 3. The van der Waals surface area contributed by atoms with Crippen LogP contribution in [0.15, 0.2) is 60.7 Å². The molecule has 150 valence electrons. The molecule has 0 atom stereocenters. The van der Waals surface area contributed by atoms with Crippen LogP contribution in [0.3, 0.4) is 0 Å². The van der Waals surface area contributed by atoms with E-state index in [1.165, 1.54) is 12.8 Å². The molecule has 0 radical (unpaired) electrons. The van der Waals surface area contributed by atoms with E-state index in [1.807, 2.05) is 12.1 Å². The second-order valence-corrected chi connectivity index (χ2v) is 5.04. The van der Waals surface area contributed by atoms with Crippen LogP contribution in [-0.4, -0.2) is 12.6 Å². The van der Waals surface area contributed by atoms with Crippen LogP contribution < -0.4 is 0 Å². The van der Waals surface area contributed by atoms with E-state index in [2.05, 4.69) is 13.8 Å². The van der Waals surface area contributed by atoms with Crippen molar-refractivity contribution in [3.63, 3.8) is 0 Å². The van der Waals surface area contributed by atoms with Crippen molar-refractivity contribution in [2.24, 2.45) is 0 Å². The zero-order chi connectivity index (χ0) is 21.9. The van der Waals surface area contributed by atoms with Crippen molar-refractivity contribution in [3.8, 4) is 0 Å². The Bertz CT molecular complexity index is 591. The molecule has 0 aliphatic heterocycles. The Morgan fingerprint density at radius 2 is 0.857 bits per heavy atom. The number of benzene rings is 2. The molecule has 0 saturated heterocycles. The summed E-state index contributed by atoms with van der Waals surface area (Å²) in [5, 5.41) is 0. The molecule has 2 aromatic rings. The second kappa shape index (κ2) is 30.1. The fourth-order valence-corrected chi connectivity index (χ4v) is 1.37. The number of hydrogen-bond acceptors (Lipinski definition) is 6. The van der Waals surface area contributed by atoms with Crippen molar-refractivity contribution in [2.45, 2.75) is 25.7 Å². The second-order valence-electron chi connectivity index (χ2n) is 4.52. The molecule has 0 aromatic heterocycles. The van der Waals surface area contributed by atoms with Crippen LogP contribution in [0, 0.1) is 13.8 Å². The van der Waals surface area contributed by atoms with Gasteiger partial charge in [0.25, 0.3) is 0 Å². The summed E-state index contributed by atoms with van der Waals surface area (Å²) in [4.78, 5) is 19.8. The third-order valence-corrected chi connectivity index (χ3v) is 2.53. The van der Waals surface area contributed by atoms with Gasteiger partial charge in [0.05, 0.1) is 12.6 Å². The van der Waals surface area contributed by atoms with Gasteiger partial charge >= 0.3 is 51.5 Å². The summed E-state index contributed by atoms with van der Waals surface area (Å²) in [6, 6.07) is 17.8. The predicted molar refractivity (Wildman–Crippen MR) is 94.4 cm³/mol. The monoisotopic (exact) mass is 454 g/mol. The van der Waals surface area contributed by atoms with Gasteiger partial charge in [0.2, 0.25) is 0 Å². The maximum absolute atomic E-state index is 9.88. The molecule has 0 aliphatic carbocycles. The standard InChI is InChI=1S/2C7H5O.C6H12.4O.2Ti/c2*8-6-7-4-2-1-3-5-7;1-3-5-6-4-2;;;;;;/h2*1-5H;1-6H2;;;;;;/q2*-1;-2;;;;;;. The summed E-state index contributed by atoms with van der Waals surface area (Å²) in [6.45, 7) is 7.39. The molecular weight excluding hydrogens is 432 g/mol. The van der Waals surface area contributed by atoms with Crippen molar-refractivity contribution in [1.29, 1.82) is 0 Å². The Morgan fingerprint density at radius 3 is 1.00 bits per heavy atom. The first-order valence-corrected chi connectivity index (χ1v) is 10.6. The first kappa shape index (κ1) is 31.1. The maximum atomic E-state index is 9.88. The molecule has 0 N–H and O–H groups in total. The molecule has 2 aromatic carbocycles. The van der Waals surface area contributed by atoms with Crippen LogP contribution in [0.4, 0.5) is 0 Å². The number of hydrogen-bond donors (Lipinski definition) is 0. The van der Waals surface area contributed by atoms with Crippen molar-refractivity contribution in [1.82, 2.24) is 0 Å². The summed E-state index contributed by atoms with van der Waals surface area (Å²) in [7, 11) is 0. The zero-order valence-corrected chi connectivity index (χ0v) is 18.6. The van der Waals surface area contributed by atoms with Gasteiger partial charge < -0.3 is 23.4 Å². The first-order chi connectivity index (χ1) is 13.6. The fourth-order valence-electron chi connectivity index (χ4n) is 1.37. The summed E-state index contributed by atoms with van der Waals surface area (Å²) in [6.07, 6.45) is 8.16. The van der Waals surface area contributed by atoms with Gasteiger partial charge in [-0.25, -0.2) is 0 Å². The topological polar surface area (TPSA) is 102 Å². The van der Waals surface area contributed by atoms with Crippen molar-refractivity contribution < 1.29 is 61.1 Å². The van der Waals surface area contributed by atoms with E-state index in [0.717, 1.165) is 12.8 Å². The average Bonchev–Trinajstić information content (AvgIpc) is 2.75. The van der Waals surface area contributed by atoms with Crippen LogP contribution in [0.1, 0.15) is 36.8 Å². The van der Waals surface area contributed by atoms with Gasteiger partial charge in [-0.05, 0) is 0 Å². The van der Waals surface area contributed by atoms with Crippen LogP contribution >= 0.6 is 0 Å². The van der Waals surface area contributed by atoms with E-state index >= 15 is 0 Å². The third-order valence-electron chi connectivity index (χ3n) is 2.53.